The van der Waals surface area contributed by atoms with Crippen molar-refractivity contribution in [1.29, 1.82) is 0 Å². The molecule has 1 N–H and O–H groups in total. The van der Waals surface area contributed by atoms with Gasteiger partial charge in [0.2, 0.25) is 0 Å². The topological polar surface area (TPSA) is 57.7 Å². The van der Waals surface area contributed by atoms with Crippen molar-refractivity contribution in [3.8, 4) is 11.3 Å². The number of hydrogen-bond donors (Lipinski definition) is 1. The molecule has 5 nitrogen and oxygen atoms in total. The third-order valence-corrected chi connectivity index (χ3v) is 2.62. The lowest BCUT2D eigenvalue weighted by atomic mass is 10.2. The maximum absolute atomic E-state index is 4.23. The molecule has 3 heterocycles. The van der Waals surface area contributed by atoms with Gasteiger partial charge in [-0.25, -0.2) is 0 Å². The van der Waals surface area contributed by atoms with Crippen molar-refractivity contribution in [3.05, 3.63) is 36.8 Å². The SMILES string of the molecule is C1=CCN(c2cncc(-c3c[nH]nn3)c2)C1. The Morgan fingerprint density at radius 1 is 1.19 bits per heavy atom. The highest BCUT2D eigenvalue weighted by molar-refractivity contribution is 5.63. The van der Waals surface area contributed by atoms with Crippen LogP contribution < -0.4 is 4.90 Å². The number of rotatable bonds is 2. The summed E-state index contributed by atoms with van der Waals surface area (Å²) in [6, 6.07) is 2.08. The van der Waals surface area contributed by atoms with Crippen LogP contribution in [0.25, 0.3) is 11.3 Å². The first-order valence-electron chi connectivity index (χ1n) is 5.15. The largest absolute Gasteiger partial charge is 0.363 e. The molecule has 0 unspecified atom stereocenters. The van der Waals surface area contributed by atoms with Gasteiger partial charge in [0.05, 0.1) is 18.1 Å². The van der Waals surface area contributed by atoms with Crippen molar-refractivity contribution in [2.75, 3.05) is 18.0 Å². The molecular formula is C11H11N5. The first-order chi connectivity index (χ1) is 7.93. The molecule has 0 fully saturated rings. The monoisotopic (exact) mass is 213 g/mol. The lowest BCUT2D eigenvalue weighted by Crippen LogP contribution is -2.18. The maximum Gasteiger partial charge on any atom is 0.114 e. The number of aromatic amines is 1. The molecule has 0 bridgehead atoms. The van der Waals surface area contributed by atoms with Crippen molar-refractivity contribution in [3.63, 3.8) is 0 Å². The van der Waals surface area contributed by atoms with Crippen LogP contribution in [-0.2, 0) is 0 Å². The van der Waals surface area contributed by atoms with Crippen LogP contribution in [0.3, 0.4) is 0 Å². The van der Waals surface area contributed by atoms with Gasteiger partial charge in [-0.15, -0.1) is 5.10 Å². The van der Waals surface area contributed by atoms with Crippen LogP contribution in [-0.4, -0.2) is 33.5 Å². The minimum atomic E-state index is 0.821. The Kier molecular flexibility index (Phi) is 2.14. The van der Waals surface area contributed by atoms with Crippen LogP contribution in [0.4, 0.5) is 5.69 Å². The summed E-state index contributed by atoms with van der Waals surface area (Å²) in [5.74, 6) is 0. The van der Waals surface area contributed by atoms with Gasteiger partial charge in [0, 0.05) is 24.8 Å². The number of nitrogens with zero attached hydrogens (tertiary/aromatic N) is 4. The molecule has 2 aromatic heterocycles. The number of pyridine rings is 1. The van der Waals surface area contributed by atoms with Crippen LogP contribution in [0.1, 0.15) is 0 Å². The molecule has 0 aromatic carbocycles. The van der Waals surface area contributed by atoms with Gasteiger partial charge < -0.3 is 4.90 Å². The van der Waals surface area contributed by atoms with E-state index in [1.807, 2.05) is 6.20 Å². The molecule has 0 spiro atoms. The summed E-state index contributed by atoms with van der Waals surface area (Å²) in [5, 5.41) is 10.4. The molecule has 1 aliphatic heterocycles. The van der Waals surface area contributed by atoms with E-state index >= 15 is 0 Å². The molecule has 0 amide bonds. The van der Waals surface area contributed by atoms with Crippen molar-refractivity contribution in [2.24, 2.45) is 0 Å². The van der Waals surface area contributed by atoms with E-state index in [1.54, 1.807) is 12.4 Å². The molecule has 0 saturated carbocycles. The average molecular weight is 213 g/mol. The standard InChI is InChI=1S/C11H11N5/c1-2-4-16(3-1)10-5-9(6-12-7-10)11-8-13-15-14-11/h1-2,5-8H,3-4H2,(H,13,14,15). The van der Waals surface area contributed by atoms with Gasteiger partial charge >= 0.3 is 0 Å². The van der Waals surface area contributed by atoms with Gasteiger partial charge in [-0.1, -0.05) is 17.4 Å². The summed E-state index contributed by atoms with van der Waals surface area (Å²) in [5.41, 5.74) is 2.92. The molecule has 0 aliphatic carbocycles. The predicted molar refractivity (Wildman–Crippen MR) is 61.0 cm³/mol. The van der Waals surface area contributed by atoms with Gasteiger partial charge in [0.1, 0.15) is 5.69 Å². The van der Waals surface area contributed by atoms with Gasteiger partial charge in [0.25, 0.3) is 0 Å². The number of nitrogens with one attached hydrogen (secondary N) is 1. The fourth-order valence-corrected chi connectivity index (χ4v) is 1.77. The molecule has 5 heteroatoms. The van der Waals surface area contributed by atoms with Crippen molar-refractivity contribution in [1.82, 2.24) is 20.4 Å². The predicted octanol–water partition coefficient (Wildman–Crippen LogP) is 1.24. The zero-order valence-electron chi connectivity index (χ0n) is 8.67. The number of H-pyrrole nitrogens is 1. The van der Waals surface area contributed by atoms with Gasteiger partial charge in [-0.2, -0.15) is 0 Å². The first-order valence-corrected chi connectivity index (χ1v) is 5.15. The highest BCUT2D eigenvalue weighted by Gasteiger charge is 2.09. The van der Waals surface area contributed by atoms with Gasteiger partial charge in [-0.3, -0.25) is 10.1 Å². The minimum Gasteiger partial charge on any atom is -0.363 e. The van der Waals surface area contributed by atoms with E-state index in [1.165, 1.54) is 0 Å². The third kappa shape index (κ3) is 1.56. The maximum atomic E-state index is 4.23. The smallest absolute Gasteiger partial charge is 0.114 e. The molecule has 1 aliphatic rings. The van der Waals surface area contributed by atoms with Crippen LogP contribution >= 0.6 is 0 Å². The second-order valence-electron chi connectivity index (χ2n) is 3.67. The summed E-state index contributed by atoms with van der Waals surface area (Å²) in [4.78, 5) is 6.48. The van der Waals surface area contributed by atoms with Crippen molar-refractivity contribution < 1.29 is 0 Å². The Morgan fingerprint density at radius 2 is 2.06 bits per heavy atom. The van der Waals surface area contributed by atoms with Crippen LogP contribution in [0, 0.1) is 0 Å². The van der Waals surface area contributed by atoms with E-state index in [9.17, 15) is 0 Å². The zero-order chi connectivity index (χ0) is 10.8. The van der Waals surface area contributed by atoms with Gasteiger partial charge in [-0.05, 0) is 6.07 Å². The lowest BCUT2D eigenvalue weighted by Gasteiger charge is -2.17. The summed E-state index contributed by atoms with van der Waals surface area (Å²) >= 11 is 0. The number of aromatic nitrogens is 4. The van der Waals surface area contributed by atoms with E-state index < -0.39 is 0 Å². The van der Waals surface area contributed by atoms with Crippen LogP contribution in [0.15, 0.2) is 36.8 Å². The zero-order valence-corrected chi connectivity index (χ0v) is 8.67. The Morgan fingerprint density at radius 3 is 2.81 bits per heavy atom. The van der Waals surface area contributed by atoms with Crippen molar-refractivity contribution in [2.45, 2.75) is 0 Å². The minimum absolute atomic E-state index is 0.821. The Balaban J connectivity index is 1.94. The number of anilines is 1. The van der Waals surface area contributed by atoms with E-state index in [0.29, 0.717) is 0 Å². The molecule has 80 valence electrons. The number of hydrogen-bond acceptors (Lipinski definition) is 4. The fraction of sp³-hybridized carbons (Fsp3) is 0.182. The molecule has 0 saturated heterocycles. The molecule has 16 heavy (non-hydrogen) atoms. The van der Waals surface area contributed by atoms with E-state index in [-0.39, 0.29) is 0 Å². The second kappa shape index (κ2) is 3.77. The molecule has 0 atom stereocenters. The molecule has 0 radical (unpaired) electrons. The normalized spacial score (nSPS) is 14.6. The van der Waals surface area contributed by atoms with E-state index in [0.717, 1.165) is 30.0 Å². The Bertz CT molecular complexity index is 495. The van der Waals surface area contributed by atoms with Crippen LogP contribution in [0.2, 0.25) is 0 Å². The summed E-state index contributed by atoms with van der Waals surface area (Å²) in [7, 11) is 0. The highest BCUT2D eigenvalue weighted by Crippen LogP contribution is 2.22. The summed E-state index contributed by atoms with van der Waals surface area (Å²) in [6.45, 7) is 1.90. The van der Waals surface area contributed by atoms with Gasteiger partial charge in [0.15, 0.2) is 0 Å². The van der Waals surface area contributed by atoms with E-state index in [4.69, 9.17) is 0 Å². The van der Waals surface area contributed by atoms with Crippen LogP contribution in [0.5, 0.6) is 0 Å². The quantitative estimate of drug-likeness (QED) is 0.762. The lowest BCUT2D eigenvalue weighted by molar-refractivity contribution is 0.941. The van der Waals surface area contributed by atoms with Crippen molar-refractivity contribution >= 4 is 5.69 Å². The second-order valence-corrected chi connectivity index (χ2v) is 3.67. The fourth-order valence-electron chi connectivity index (χ4n) is 1.77. The average Bonchev–Trinajstić information content (AvgIpc) is 3.03. The third-order valence-electron chi connectivity index (χ3n) is 2.62. The highest BCUT2D eigenvalue weighted by atomic mass is 15.3. The first kappa shape index (κ1) is 9.08. The molecule has 3 rings (SSSR count). The Hall–Kier alpha value is -2.17. The van der Waals surface area contributed by atoms with E-state index in [2.05, 4.69) is 43.5 Å². The summed E-state index contributed by atoms with van der Waals surface area (Å²) in [6.07, 6.45) is 9.75. The molecular weight excluding hydrogens is 202 g/mol. The Labute approximate surface area is 92.8 Å². The summed E-state index contributed by atoms with van der Waals surface area (Å²) < 4.78 is 0. The molecule has 2 aromatic rings.